The highest BCUT2D eigenvalue weighted by atomic mass is 19.3. The van der Waals surface area contributed by atoms with E-state index in [0.717, 1.165) is 5.56 Å². The summed E-state index contributed by atoms with van der Waals surface area (Å²) in [4.78, 5) is 12.5. The van der Waals surface area contributed by atoms with Crippen LogP contribution < -0.4 is 9.47 Å². The Balaban J connectivity index is 1.94. The van der Waals surface area contributed by atoms with E-state index in [1.54, 1.807) is 30.6 Å². The topological polar surface area (TPSA) is 80.9 Å². The zero-order chi connectivity index (χ0) is 19.9. The highest BCUT2D eigenvalue weighted by molar-refractivity contribution is 5.68. The number of rotatable bonds is 7. The molecule has 3 aromatic rings. The van der Waals surface area contributed by atoms with Gasteiger partial charge in [0.05, 0.1) is 6.61 Å². The van der Waals surface area contributed by atoms with E-state index in [4.69, 9.17) is 10.00 Å². The number of aromatic nitrogens is 3. The van der Waals surface area contributed by atoms with E-state index in [9.17, 15) is 8.78 Å². The first-order valence-electron chi connectivity index (χ1n) is 8.48. The SMILES string of the molecule is CCOc1ccc(Cc2cnc(C#N)nc2)nc1-c1cccc(OC(F)F)c1. The molecule has 0 unspecified atom stereocenters. The van der Waals surface area contributed by atoms with Gasteiger partial charge in [0.25, 0.3) is 0 Å². The smallest absolute Gasteiger partial charge is 0.387 e. The number of pyridine rings is 1. The minimum atomic E-state index is -2.91. The average Bonchev–Trinajstić information content (AvgIpc) is 2.69. The van der Waals surface area contributed by atoms with Crippen LogP contribution in [0.3, 0.4) is 0 Å². The summed E-state index contributed by atoms with van der Waals surface area (Å²) in [7, 11) is 0. The number of ether oxygens (including phenoxy) is 2. The maximum Gasteiger partial charge on any atom is 0.387 e. The van der Waals surface area contributed by atoms with Crippen molar-refractivity contribution in [1.82, 2.24) is 15.0 Å². The number of nitrogens with zero attached hydrogens (tertiary/aromatic N) is 4. The fourth-order valence-corrected chi connectivity index (χ4v) is 2.60. The van der Waals surface area contributed by atoms with Crippen LogP contribution in [0.2, 0.25) is 0 Å². The summed E-state index contributed by atoms with van der Waals surface area (Å²) in [5.41, 5.74) is 2.62. The zero-order valence-electron chi connectivity index (χ0n) is 15.0. The van der Waals surface area contributed by atoms with Crippen LogP contribution in [-0.2, 0) is 6.42 Å². The summed E-state index contributed by atoms with van der Waals surface area (Å²) < 4.78 is 35.2. The van der Waals surface area contributed by atoms with Crippen molar-refractivity contribution in [3.63, 3.8) is 0 Å². The lowest BCUT2D eigenvalue weighted by Crippen LogP contribution is -2.03. The fourth-order valence-electron chi connectivity index (χ4n) is 2.60. The molecular weight excluding hydrogens is 366 g/mol. The van der Waals surface area contributed by atoms with Crippen LogP contribution in [0, 0.1) is 11.3 Å². The predicted molar refractivity (Wildman–Crippen MR) is 97.0 cm³/mol. The highest BCUT2D eigenvalue weighted by Gasteiger charge is 2.13. The number of nitriles is 1. The molecule has 8 heteroatoms. The molecule has 3 rings (SSSR count). The Morgan fingerprint density at radius 3 is 2.61 bits per heavy atom. The molecule has 2 heterocycles. The number of hydrogen-bond acceptors (Lipinski definition) is 6. The van der Waals surface area contributed by atoms with Crippen LogP contribution in [0.15, 0.2) is 48.8 Å². The molecule has 0 N–H and O–H groups in total. The standard InChI is InChI=1S/C20H16F2N4O2/c1-2-27-17-7-6-15(8-13-11-24-18(10-23)25-12-13)26-19(17)14-4-3-5-16(9-14)28-20(21)22/h3-7,9,11-12,20H,2,8H2,1H3. The van der Waals surface area contributed by atoms with Crippen molar-refractivity contribution >= 4 is 0 Å². The maximum absolute atomic E-state index is 12.5. The van der Waals surface area contributed by atoms with Crippen molar-refractivity contribution in [1.29, 1.82) is 5.26 Å². The maximum atomic E-state index is 12.5. The van der Waals surface area contributed by atoms with Crippen molar-refractivity contribution in [2.75, 3.05) is 6.61 Å². The van der Waals surface area contributed by atoms with Gasteiger partial charge >= 0.3 is 6.61 Å². The van der Waals surface area contributed by atoms with E-state index in [1.807, 2.05) is 19.1 Å². The number of halogens is 2. The summed E-state index contributed by atoms with van der Waals surface area (Å²) in [6.45, 7) is -0.621. The molecule has 0 amide bonds. The van der Waals surface area contributed by atoms with Gasteiger partial charge in [-0.25, -0.2) is 15.0 Å². The van der Waals surface area contributed by atoms with Gasteiger partial charge < -0.3 is 9.47 Å². The highest BCUT2D eigenvalue weighted by Crippen LogP contribution is 2.31. The Morgan fingerprint density at radius 2 is 1.93 bits per heavy atom. The van der Waals surface area contributed by atoms with Gasteiger partial charge in [0.15, 0.2) is 0 Å². The van der Waals surface area contributed by atoms with E-state index in [1.165, 1.54) is 12.1 Å². The number of alkyl halides is 2. The molecule has 1 aromatic carbocycles. The minimum Gasteiger partial charge on any atom is -0.492 e. The van der Waals surface area contributed by atoms with Crippen molar-refractivity contribution in [3.8, 4) is 28.8 Å². The molecule has 0 atom stereocenters. The number of benzene rings is 1. The average molecular weight is 382 g/mol. The van der Waals surface area contributed by atoms with Crippen molar-refractivity contribution < 1.29 is 18.3 Å². The minimum absolute atomic E-state index is 0.0441. The molecule has 0 bridgehead atoms. The Kier molecular flexibility index (Phi) is 6.07. The summed E-state index contributed by atoms with van der Waals surface area (Å²) in [5, 5.41) is 8.78. The molecule has 0 aliphatic carbocycles. The molecule has 0 saturated heterocycles. The lowest BCUT2D eigenvalue weighted by atomic mass is 10.1. The van der Waals surface area contributed by atoms with Gasteiger partial charge in [-0.15, -0.1) is 0 Å². The zero-order valence-corrected chi connectivity index (χ0v) is 15.0. The van der Waals surface area contributed by atoms with Gasteiger partial charge in [-0.2, -0.15) is 14.0 Å². The Bertz CT molecular complexity index is 988. The third-order valence-electron chi connectivity index (χ3n) is 3.74. The molecule has 0 aliphatic heterocycles. The molecule has 2 aromatic heterocycles. The Hall–Kier alpha value is -3.60. The second-order valence-corrected chi connectivity index (χ2v) is 5.69. The van der Waals surface area contributed by atoms with Gasteiger partial charge in [-0.3, -0.25) is 0 Å². The summed E-state index contributed by atoms with van der Waals surface area (Å²) in [5.74, 6) is 0.680. The van der Waals surface area contributed by atoms with Crippen molar-refractivity contribution in [3.05, 3.63) is 65.9 Å². The molecule has 0 aliphatic rings. The van der Waals surface area contributed by atoms with E-state index >= 15 is 0 Å². The first-order valence-corrected chi connectivity index (χ1v) is 8.48. The van der Waals surface area contributed by atoms with Gasteiger partial charge in [0.1, 0.15) is 23.3 Å². The van der Waals surface area contributed by atoms with Crippen LogP contribution in [0.4, 0.5) is 8.78 Å². The number of hydrogen-bond donors (Lipinski definition) is 0. The molecule has 142 valence electrons. The van der Waals surface area contributed by atoms with Crippen LogP contribution in [0.25, 0.3) is 11.3 Å². The van der Waals surface area contributed by atoms with Crippen LogP contribution in [0.5, 0.6) is 11.5 Å². The monoisotopic (exact) mass is 382 g/mol. The normalized spacial score (nSPS) is 10.5. The van der Waals surface area contributed by atoms with Gasteiger partial charge in [0.2, 0.25) is 5.82 Å². The Labute approximate surface area is 160 Å². The van der Waals surface area contributed by atoms with Crippen LogP contribution in [-0.4, -0.2) is 28.2 Å². The van der Waals surface area contributed by atoms with Gasteiger partial charge in [0, 0.05) is 30.1 Å². The van der Waals surface area contributed by atoms with Crippen LogP contribution in [0.1, 0.15) is 24.0 Å². The Morgan fingerprint density at radius 1 is 1.14 bits per heavy atom. The van der Waals surface area contributed by atoms with E-state index in [-0.39, 0.29) is 11.6 Å². The first-order chi connectivity index (χ1) is 13.6. The largest absolute Gasteiger partial charge is 0.492 e. The summed E-state index contributed by atoms with van der Waals surface area (Å²) in [6, 6.07) is 11.8. The lowest BCUT2D eigenvalue weighted by Gasteiger charge is -2.13. The third-order valence-corrected chi connectivity index (χ3v) is 3.74. The molecule has 6 nitrogen and oxygen atoms in total. The second-order valence-electron chi connectivity index (χ2n) is 5.69. The lowest BCUT2D eigenvalue weighted by molar-refractivity contribution is -0.0498. The van der Waals surface area contributed by atoms with E-state index < -0.39 is 6.61 Å². The van der Waals surface area contributed by atoms with Crippen LogP contribution >= 0.6 is 0 Å². The fraction of sp³-hybridized carbons (Fsp3) is 0.200. The summed E-state index contributed by atoms with van der Waals surface area (Å²) >= 11 is 0. The second kappa shape index (κ2) is 8.86. The van der Waals surface area contributed by atoms with Crippen molar-refractivity contribution in [2.45, 2.75) is 20.0 Å². The molecule has 0 saturated carbocycles. The van der Waals surface area contributed by atoms with Gasteiger partial charge in [-0.05, 0) is 36.8 Å². The molecule has 0 radical (unpaired) electrons. The third kappa shape index (κ3) is 4.76. The molecule has 28 heavy (non-hydrogen) atoms. The quantitative estimate of drug-likeness (QED) is 0.614. The van der Waals surface area contributed by atoms with E-state index in [2.05, 4.69) is 19.7 Å². The molecular formula is C20H16F2N4O2. The van der Waals surface area contributed by atoms with Crippen molar-refractivity contribution in [2.24, 2.45) is 0 Å². The predicted octanol–water partition coefficient (Wildman–Crippen LogP) is 4.00. The first kappa shape index (κ1) is 19.2. The van der Waals surface area contributed by atoms with E-state index in [0.29, 0.717) is 35.7 Å². The summed E-state index contributed by atoms with van der Waals surface area (Å²) in [6.07, 6.45) is 3.58. The van der Waals surface area contributed by atoms with Gasteiger partial charge in [-0.1, -0.05) is 12.1 Å². The molecule has 0 spiro atoms. The molecule has 0 fully saturated rings.